The third-order valence-electron chi connectivity index (χ3n) is 2.82. The molecule has 0 saturated heterocycles. The van der Waals surface area contributed by atoms with Crippen molar-refractivity contribution < 1.29 is 5.11 Å². The van der Waals surface area contributed by atoms with Gasteiger partial charge in [-0.05, 0) is 23.3 Å². The van der Waals surface area contributed by atoms with Crippen LogP contribution in [0.15, 0.2) is 29.6 Å². The Kier molecular flexibility index (Phi) is 3.23. The molecule has 0 aliphatic heterocycles. The maximum Gasteiger partial charge on any atom is 0.0962 e. The van der Waals surface area contributed by atoms with Crippen LogP contribution < -0.4 is 0 Å². The fraction of sp³-hybridized carbons (Fsp3) is 0.308. The molecule has 16 heavy (non-hydrogen) atoms. The molecule has 1 aromatic heterocycles. The van der Waals surface area contributed by atoms with Gasteiger partial charge in [-0.15, -0.1) is 11.3 Å². The topological polar surface area (TPSA) is 44.0 Å². The molecule has 3 heteroatoms. The van der Waals surface area contributed by atoms with Crippen LogP contribution in [-0.2, 0) is 0 Å². The lowest BCUT2D eigenvalue weighted by atomic mass is 9.94. The molecule has 2 unspecified atom stereocenters. The van der Waals surface area contributed by atoms with Crippen molar-refractivity contribution in [3.63, 3.8) is 0 Å². The first-order valence-electron chi connectivity index (χ1n) is 5.31. The minimum absolute atomic E-state index is 0.321. The first-order valence-corrected chi connectivity index (χ1v) is 6.19. The molecule has 2 aromatic rings. The maximum atomic E-state index is 10.2. The molecule has 2 rings (SSSR count). The van der Waals surface area contributed by atoms with Gasteiger partial charge in [0, 0.05) is 10.3 Å². The van der Waals surface area contributed by atoms with E-state index in [1.165, 1.54) is 0 Å². The maximum absolute atomic E-state index is 10.2. The number of fused-ring (bicyclic) bond motifs is 1. The highest BCUT2D eigenvalue weighted by atomic mass is 32.1. The number of nitrogens with zero attached hydrogens (tertiary/aromatic N) is 1. The zero-order valence-electron chi connectivity index (χ0n) is 9.05. The van der Waals surface area contributed by atoms with Crippen LogP contribution in [0.3, 0.4) is 0 Å². The number of thiophene rings is 1. The Morgan fingerprint density at radius 1 is 1.44 bits per heavy atom. The normalized spacial score (nSPS) is 14.6. The molecule has 82 valence electrons. The lowest BCUT2D eigenvalue weighted by Crippen LogP contribution is -2.09. The average Bonchev–Trinajstić information content (AvgIpc) is 2.74. The number of nitriles is 1. The van der Waals surface area contributed by atoms with Crippen molar-refractivity contribution in [2.45, 2.75) is 19.4 Å². The molecule has 0 fully saturated rings. The van der Waals surface area contributed by atoms with Gasteiger partial charge in [0.15, 0.2) is 0 Å². The number of aliphatic hydroxyl groups excluding tert-OH is 1. The average molecular weight is 231 g/mol. The quantitative estimate of drug-likeness (QED) is 0.878. The highest BCUT2D eigenvalue weighted by Crippen LogP contribution is 2.34. The summed E-state index contributed by atoms with van der Waals surface area (Å²) in [5.41, 5.74) is 0.883. The number of rotatable bonds is 3. The predicted octanol–water partition coefficient (Wildman–Crippen LogP) is 3.48. The Labute approximate surface area is 98.8 Å². The molecule has 1 N–H and O–H groups in total. The summed E-state index contributed by atoms with van der Waals surface area (Å²) in [4.78, 5) is 0. The van der Waals surface area contributed by atoms with Crippen molar-refractivity contribution in [2.75, 3.05) is 0 Å². The van der Waals surface area contributed by atoms with Gasteiger partial charge in [-0.2, -0.15) is 5.26 Å². The van der Waals surface area contributed by atoms with Crippen molar-refractivity contribution >= 4 is 21.4 Å². The third kappa shape index (κ3) is 1.82. The van der Waals surface area contributed by atoms with Crippen LogP contribution in [0.5, 0.6) is 0 Å². The van der Waals surface area contributed by atoms with Crippen molar-refractivity contribution in [1.82, 2.24) is 0 Å². The van der Waals surface area contributed by atoms with Gasteiger partial charge in [0.05, 0.1) is 18.1 Å². The van der Waals surface area contributed by atoms with Crippen LogP contribution in [0, 0.1) is 17.2 Å². The highest BCUT2D eigenvalue weighted by molar-refractivity contribution is 7.17. The van der Waals surface area contributed by atoms with E-state index in [2.05, 4.69) is 6.07 Å². The molecule has 0 radical (unpaired) electrons. The van der Waals surface area contributed by atoms with Gasteiger partial charge in [-0.1, -0.05) is 25.1 Å². The summed E-state index contributed by atoms with van der Waals surface area (Å²) < 4.78 is 1.16. The molecule has 1 heterocycles. The zero-order valence-corrected chi connectivity index (χ0v) is 9.87. The number of hydrogen-bond donors (Lipinski definition) is 1. The molecule has 0 aliphatic rings. The number of hydrogen-bond acceptors (Lipinski definition) is 3. The Morgan fingerprint density at radius 2 is 2.19 bits per heavy atom. The van der Waals surface area contributed by atoms with E-state index in [0.29, 0.717) is 6.42 Å². The molecule has 2 atom stereocenters. The summed E-state index contributed by atoms with van der Waals surface area (Å²) in [5, 5.41) is 22.1. The third-order valence-corrected chi connectivity index (χ3v) is 3.80. The van der Waals surface area contributed by atoms with Crippen LogP contribution in [-0.4, -0.2) is 5.11 Å². The molecule has 0 bridgehead atoms. The largest absolute Gasteiger partial charge is 0.387 e. The van der Waals surface area contributed by atoms with Crippen LogP contribution in [0.4, 0.5) is 0 Å². The van der Waals surface area contributed by atoms with E-state index in [1.54, 1.807) is 11.3 Å². The Hall–Kier alpha value is -1.37. The fourth-order valence-corrected chi connectivity index (χ4v) is 2.82. The van der Waals surface area contributed by atoms with E-state index in [4.69, 9.17) is 5.26 Å². The van der Waals surface area contributed by atoms with Gasteiger partial charge in [-0.25, -0.2) is 0 Å². The Bertz CT molecular complexity index is 526. The molecule has 0 aliphatic carbocycles. The van der Waals surface area contributed by atoms with Crippen LogP contribution >= 0.6 is 11.3 Å². The molecule has 0 saturated carbocycles. The minimum Gasteiger partial charge on any atom is -0.387 e. The van der Waals surface area contributed by atoms with Gasteiger partial charge in [0.25, 0.3) is 0 Å². The molecule has 2 nitrogen and oxygen atoms in total. The lowest BCUT2D eigenvalue weighted by molar-refractivity contribution is 0.134. The molecule has 0 amide bonds. The standard InChI is InChI=1S/C13H13NOS/c1-2-9(7-14)13(15)11-8-16-12-6-4-3-5-10(11)12/h3-6,8-9,13,15H,2H2,1H3. The van der Waals surface area contributed by atoms with E-state index in [1.807, 2.05) is 36.6 Å². The second-order valence-corrected chi connectivity index (χ2v) is 4.69. The Balaban J connectivity index is 2.44. The zero-order chi connectivity index (χ0) is 11.5. The molecular formula is C13H13NOS. The predicted molar refractivity (Wildman–Crippen MR) is 66.2 cm³/mol. The summed E-state index contributed by atoms with van der Waals surface area (Å²) in [6.45, 7) is 1.92. The monoisotopic (exact) mass is 231 g/mol. The summed E-state index contributed by atoms with van der Waals surface area (Å²) >= 11 is 1.61. The SMILES string of the molecule is CCC(C#N)C(O)c1csc2ccccc12. The lowest BCUT2D eigenvalue weighted by Gasteiger charge is -2.14. The summed E-state index contributed by atoms with van der Waals surface area (Å²) in [6.07, 6.45) is -0.00637. The molecule has 0 spiro atoms. The van der Waals surface area contributed by atoms with Gasteiger partial charge in [-0.3, -0.25) is 0 Å². The smallest absolute Gasteiger partial charge is 0.0962 e. The van der Waals surface area contributed by atoms with Gasteiger partial charge in [0.1, 0.15) is 0 Å². The van der Waals surface area contributed by atoms with Crippen LogP contribution in [0.1, 0.15) is 25.0 Å². The Morgan fingerprint density at radius 3 is 2.88 bits per heavy atom. The second-order valence-electron chi connectivity index (χ2n) is 3.78. The van der Waals surface area contributed by atoms with Crippen molar-refractivity contribution in [3.8, 4) is 6.07 Å². The van der Waals surface area contributed by atoms with Gasteiger partial charge >= 0.3 is 0 Å². The van der Waals surface area contributed by atoms with Crippen molar-refractivity contribution in [2.24, 2.45) is 5.92 Å². The van der Waals surface area contributed by atoms with Crippen LogP contribution in [0.2, 0.25) is 0 Å². The van der Waals surface area contributed by atoms with Crippen molar-refractivity contribution in [1.29, 1.82) is 5.26 Å². The molecular weight excluding hydrogens is 218 g/mol. The summed E-state index contributed by atoms with van der Waals surface area (Å²) in [6, 6.07) is 10.1. The van der Waals surface area contributed by atoms with E-state index in [-0.39, 0.29) is 5.92 Å². The number of benzene rings is 1. The van der Waals surface area contributed by atoms with Crippen molar-refractivity contribution in [3.05, 3.63) is 35.2 Å². The van der Waals surface area contributed by atoms with E-state index >= 15 is 0 Å². The van der Waals surface area contributed by atoms with Crippen LogP contribution in [0.25, 0.3) is 10.1 Å². The molecule has 1 aromatic carbocycles. The minimum atomic E-state index is -0.675. The number of aliphatic hydroxyl groups is 1. The first-order chi connectivity index (χ1) is 7.77. The van der Waals surface area contributed by atoms with Gasteiger partial charge < -0.3 is 5.11 Å². The first kappa shape index (κ1) is 11.1. The second kappa shape index (κ2) is 4.65. The van der Waals surface area contributed by atoms with E-state index in [9.17, 15) is 5.11 Å². The van der Waals surface area contributed by atoms with Gasteiger partial charge in [0.2, 0.25) is 0 Å². The van der Waals surface area contributed by atoms with E-state index < -0.39 is 6.10 Å². The van der Waals surface area contributed by atoms with E-state index in [0.717, 1.165) is 15.6 Å². The summed E-state index contributed by atoms with van der Waals surface area (Å²) in [5.74, 6) is -0.321. The highest BCUT2D eigenvalue weighted by Gasteiger charge is 2.21. The fourth-order valence-electron chi connectivity index (χ4n) is 1.83. The summed E-state index contributed by atoms with van der Waals surface area (Å²) in [7, 11) is 0.